The van der Waals surface area contributed by atoms with Crippen LogP contribution in [0, 0.1) is 24.0 Å². The second-order valence-electron chi connectivity index (χ2n) is 4.96. The molecule has 0 spiro atoms. The molecule has 0 radical (unpaired) electrons. The zero-order valence-corrected chi connectivity index (χ0v) is 13.5. The Hall–Kier alpha value is -2.54. The van der Waals surface area contributed by atoms with Crippen LogP contribution in [0.4, 0.5) is 5.69 Å². The van der Waals surface area contributed by atoms with Crippen molar-refractivity contribution in [2.24, 2.45) is 0 Å². The van der Waals surface area contributed by atoms with E-state index in [1.807, 2.05) is 19.1 Å². The largest absolute Gasteiger partial charge is 0.426 e. The predicted molar refractivity (Wildman–Crippen MR) is 85.9 cm³/mol. The van der Waals surface area contributed by atoms with Crippen LogP contribution in [-0.4, -0.2) is 20.9 Å². The summed E-state index contributed by atoms with van der Waals surface area (Å²) in [5.41, 5.74) is 1.43. The monoisotopic (exact) mass is 333 g/mol. The van der Waals surface area contributed by atoms with Crippen LogP contribution in [-0.2, 0) is 15.6 Å². The highest BCUT2D eigenvalue weighted by Gasteiger charge is 2.21. The van der Waals surface area contributed by atoms with Gasteiger partial charge in [-0.1, -0.05) is 24.3 Å². The average molecular weight is 333 g/mol. The van der Waals surface area contributed by atoms with Crippen molar-refractivity contribution in [1.82, 2.24) is 0 Å². The lowest BCUT2D eigenvalue weighted by Crippen LogP contribution is -2.18. The fraction of sp³-hybridized carbons (Fsp3) is 0.188. The summed E-state index contributed by atoms with van der Waals surface area (Å²) < 4.78 is 17.4. The van der Waals surface area contributed by atoms with Gasteiger partial charge in [0.05, 0.1) is 15.7 Å². The summed E-state index contributed by atoms with van der Waals surface area (Å²) in [6, 6.07) is 11.1. The highest BCUT2D eigenvalue weighted by Crippen LogP contribution is 2.23. The van der Waals surface area contributed by atoms with Gasteiger partial charge in [-0.25, -0.2) is 0 Å². The third-order valence-corrected chi connectivity index (χ3v) is 4.46. The Morgan fingerprint density at radius 1 is 1.22 bits per heavy atom. The molecule has 120 valence electrons. The number of nitrogens with zero attached hydrogens (tertiary/aromatic N) is 1. The molecule has 7 heteroatoms. The van der Waals surface area contributed by atoms with Crippen LogP contribution < -0.4 is 4.74 Å². The molecule has 2 rings (SSSR count). The second kappa shape index (κ2) is 7.15. The lowest BCUT2D eigenvalue weighted by atomic mass is 10.1. The van der Waals surface area contributed by atoms with Gasteiger partial charge in [-0.05, 0) is 37.1 Å². The maximum absolute atomic E-state index is 12.2. The van der Waals surface area contributed by atoms with Crippen LogP contribution in [0.15, 0.2) is 47.4 Å². The highest BCUT2D eigenvalue weighted by molar-refractivity contribution is 7.85. The van der Waals surface area contributed by atoms with Gasteiger partial charge >= 0.3 is 5.97 Å². The summed E-state index contributed by atoms with van der Waals surface area (Å²) in [5, 5.41) is 10.9. The van der Waals surface area contributed by atoms with E-state index in [0.29, 0.717) is 5.75 Å². The minimum Gasteiger partial charge on any atom is -0.426 e. The van der Waals surface area contributed by atoms with Crippen LogP contribution in [0.2, 0.25) is 0 Å². The smallest absolute Gasteiger partial charge is 0.324 e. The molecule has 0 heterocycles. The molecule has 0 unspecified atom stereocenters. The minimum absolute atomic E-state index is 0.00964. The van der Waals surface area contributed by atoms with Gasteiger partial charge in [0.2, 0.25) is 0 Å². The van der Waals surface area contributed by atoms with Crippen molar-refractivity contribution in [3.8, 4) is 5.75 Å². The van der Waals surface area contributed by atoms with Crippen LogP contribution in [0.5, 0.6) is 5.75 Å². The number of benzene rings is 2. The molecular weight excluding hydrogens is 318 g/mol. The van der Waals surface area contributed by atoms with E-state index in [-0.39, 0.29) is 10.6 Å². The first-order valence-corrected chi connectivity index (χ1v) is 8.10. The molecule has 0 N–H and O–H groups in total. The summed E-state index contributed by atoms with van der Waals surface area (Å²) in [6.45, 7) is 3.66. The normalized spacial score (nSPS) is 11.7. The third kappa shape index (κ3) is 4.23. The Morgan fingerprint density at radius 2 is 1.91 bits per heavy atom. The van der Waals surface area contributed by atoms with Gasteiger partial charge in [-0.3, -0.25) is 19.1 Å². The average Bonchev–Trinajstić information content (AvgIpc) is 2.50. The van der Waals surface area contributed by atoms with Crippen molar-refractivity contribution >= 4 is 22.5 Å². The Kier molecular flexibility index (Phi) is 5.23. The van der Waals surface area contributed by atoms with E-state index in [4.69, 9.17) is 4.74 Å². The Labute approximate surface area is 135 Å². The first-order chi connectivity index (χ1) is 10.9. The third-order valence-electron chi connectivity index (χ3n) is 3.12. The van der Waals surface area contributed by atoms with Crippen molar-refractivity contribution in [2.45, 2.75) is 18.7 Å². The fourth-order valence-electron chi connectivity index (χ4n) is 1.95. The van der Waals surface area contributed by atoms with Crippen molar-refractivity contribution in [3.63, 3.8) is 0 Å². The summed E-state index contributed by atoms with van der Waals surface area (Å²) in [7, 11) is -1.85. The molecule has 0 aliphatic carbocycles. The summed E-state index contributed by atoms with van der Waals surface area (Å²) in [4.78, 5) is 22.3. The van der Waals surface area contributed by atoms with Crippen molar-refractivity contribution in [2.75, 3.05) is 5.75 Å². The molecule has 0 amide bonds. The number of hydrogen-bond acceptors (Lipinski definition) is 5. The lowest BCUT2D eigenvalue weighted by molar-refractivity contribution is -0.387. The summed E-state index contributed by atoms with van der Waals surface area (Å²) in [6.07, 6.45) is 0. The molecule has 2 aromatic rings. The van der Waals surface area contributed by atoms with Crippen LogP contribution in [0.3, 0.4) is 0 Å². The highest BCUT2D eigenvalue weighted by atomic mass is 32.2. The SMILES string of the molecule is Cc1ccc(C)c(OC(=O)C[S@](=O)c2ccccc2[N+](=O)[O-])c1. The first kappa shape index (κ1) is 16.8. The van der Waals surface area contributed by atoms with E-state index in [9.17, 15) is 19.1 Å². The number of hydrogen-bond donors (Lipinski definition) is 0. The number of carbonyl (C=O) groups is 1. The Balaban J connectivity index is 2.13. The molecule has 2 aromatic carbocycles. The number of nitro benzene ring substituents is 1. The zero-order valence-electron chi connectivity index (χ0n) is 12.6. The molecule has 0 aliphatic heterocycles. The molecule has 23 heavy (non-hydrogen) atoms. The topological polar surface area (TPSA) is 86.5 Å². The van der Waals surface area contributed by atoms with Crippen LogP contribution in [0.1, 0.15) is 11.1 Å². The molecule has 0 aliphatic rings. The van der Waals surface area contributed by atoms with Crippen LogP contribution in [0.25, 0.3) is 0 Å². The van der Waals surface area contributed by atoms with Crippen molar-refractivity contribution in [1.29, 1.82) is 0 Å². The standard InChI is InChI=1S/C16H15NO5S/c1-11-7-8-12(2)14(9-11)22-16(18)10-23(21)15-6-4-3-5-13(15)17(19)20/h3-9H,10H2,1-2H3/t23-/m0/s1. The second-order valence-corrected chi connectivity index (χ2v) is 6.38. The van der Waals surface area contributed by atoms with Gasteiger partial charge in [0.15, 0.2) is 0 Å². The Bertz CT molecular complexity index is 788. The number of carbonyl (C=O) groups excluding carboxylic acids is 1. The molecule has 0 saturated carbocycles. The molecule has 0 fully saturated rings. The van der Waals surface area contributed by atoms with Gasteiger partial charge < -0.3 is 4.74 Å². The van der Waals surface area contributed by atoms with E-state index in [1.54, 1.807) is 13.0 Å². The summed E-state index contributed by atoms with van der Waals surface area (Å²) >= 11 is 0. The molecule has 6 nitrogen and oxygen atoms in total. The van der Waals surface area contributed by atoms with Gasteiger partial charge in [0.1, 0.15) is 16.4 Å². The minimum atomic E-state index is -1.85. The number of esters is 1. The number of aryl methyl sites for hydroxylation is 2. The lowest BCUT2D eigenvalue weighted by Gasteiger charge is -2.08. The van der Waals surface area contributed by atoms with E-state index >= 15 is 0 Å². The quantitative estimate of drug-likeness (QED) is 0.363. The molecular formula is C16H15NO5S. The van der Waals surface area contributed by atoms with E-state index in [2.05, 4.69) is 0 Å². The van der Waals surface area contributed by atoms with Gasteiger partial charge in [-0.15, -0.1) is 0 Å². The molecule has 0 aromatic heterocycles. The van der Waals surface area contributed by atoms with E-state index in [1.165, 1.54) is 24.3 Å². The number of para-hydroxylation sites is 1. The van der Waals surface area contributed by atoms with Gasteiger partial charge in [0, 0.05) is 6.07 Å². The van der Waals surface area contributed by atoms with E-state index in [0.717, 1.165) is 11.1 Å². The van der Waals surface area contributed by atoms with Gasteiger partial charge in [0.25, 0.3) is 5.69 Å². The maximum atomic E-state index is 12.2. The zero-order chi connectivity index (χ0) is 17.0. The predicted octanol–water partition coefficient (Wildman–Crippen LogP) is 2.92. The molecule has 0 bridgehead atoms. The van der Waals surface area contributed by atoms with Crippen molar-refractivity contribution in [3.05, 3.63) is 63.7 Å². The number of rotatable bonds is 5. The first-order valence-electron chi connectivity index (χ1n) is 6.78. The van der Waals surface area contributed by atoms with Gasteiger partial charge in [-0.2, -0.15) is 0 Å². The number of ether oxygens (including phenoxy) is 1. The summed E-state index contributed by atoms with van der Waals surface area (Å²) in [5.74, 6) is -0.747. The Morgan fingerprint density at radius 3 is 2.61 bits per heavy atom. The van der Waals surface area contributed by atoms with E-state index < -0.39 is 27.4 Å². The maximum Gasteiger partial charge on any atom is 0.324 e. The van der Waals surface area contributed by atoms with Crippen molar-refractivity contribution < 1.29 is 18.7 Å². The molecule has 1 atom stereocenters. The fourth-order valence-corrected chi connectivity index (χ4v) is 2.99. The molecule has 0 saturated heterocycles. The number of nitro groups is 1. The van der Waals surface area contributed by atoms with Crippen LogP contribution >= 0.6 is 0 Å².